The number of nitrogens with one attached hydrogen (secondary N) is 1. The van der Waals surface area contributed by atoms with Crippen LogP contribution >= 0.6 is 15.9 Å². The summed E-state index contributed by atoms with van der Waals surface area (Å²) in [6.45, 7) is 0. The van der Waals surface area contributed by atoms with Gasteiger partial charge in [0.25, 0.3) is 0 Å². The van der Waals surface area contributed by atoms with E-state index < -0.39 is 26.9 Å². The predicted octanol–water partition coefficient (Wildman–Crippen LogP) is 5.64. The second-order valence-electron chi connectivity index (χ2n) is 7.49. The Kier molecular flexibility index (Phi) is 4.82. The number of fused-ring (bicyclic) bond motifs is 1. The van der Waals surface area contributed by atoms with E-state index in [1.807, 2.05) is 18.2 Å². The van der Waals surface area contributed by atoms with Gasteiger partial charge in [-0.2, -0.15) is 0 Å². The minimum Gasteiger partial charge on any atom is -0.299 e. The zero-order valence-corrected chi connectivity index (χ0v) is 18.4. The summed E-state index contributed by atoms with van der Waals surface area (Å²) in [5.41, 5.74) is 3.04. The van der Waals surface area contributed by atoms with Gasteiger partial charge in [0.05, 0.1) is 22.0 Å². The van der Waals surface area contributed by atoms with Crippen LogP contribution in [0, 0.1) is 11.6 Å². The Morgan fingerprint density at radius 1 is 1.03 bits per heavy atom. The monoisotopic (exact) mass is 503 g/mol. The molecule has 0 bridgehead atoms. The molecule has 1 aromatic heterocycles. The fourth-order valence-electron chi connectivity index (χ4n) is 3.51. The number of benzene rings is 3. The number of sulfonamides is 1. The van der Waals surface area contributed by atoms with Crippen LogP contribution in [0.25, 0.3) is 27.8 Å². The van der Waals surface area contributed by atoms with Crippen LogP contribution in [0.2, 0.25) is 0 Å². The van der Waals surface area contributed by atoms with E-state index in [1.54, 1.807) is 29.1 Å². The standard InChI is InChI=1S/C22H16BrF2N3O2S/c23-14-1-6-22-21(9-14)26-12-28(22)17-8-13(19-5-2-15(24)10-20(19)25)7-16(11-17)27-31(29,30)18-3-4-18/h1-2,5-12,18,27H,3-4H2. The Labute approximate surface area is 185 Å². The quantitative estimate of drug-likeness (QED) is 0.383. The largest absolute Gasteiger partial charge is 0.299 e. The number of imidazole rings is 1. The smallest absolute Gasteiger partial charge is 0.235 e. The van der Waals surface area contributed by atoms with E-state index in [0.29, 0.717) is 29.8 Å². The summed E-state index contributed by atoms with van der Waals surface area (Å²) in [5, 5.41) is -0.409. The lowest BCUT2D eigenvalue weighted by Gasteiger charge is -2.14. The molecule has 1 aliphatic rings. The Hall–Kier alpha value is -2.78. The lowest BCUT2D eigenvalue weighted by Crippen LogP contribution is -2.17. The molecule has 0 radical (unpaired) electrons. The highest BCUT2D eigenvalue weighted by Crippen LogP contribution is 2.34. The fourth-order valence-corrected chi connectivity index (χ4v) is 5.22. The third-order valence-electron chi connectivity index (χ3n) is 5.17. The summed E-state index contributed by atoms with van der Waals surface area (Å²) in [7, 11) is -3.52. The van der Waals surface area contributed by atoms with Crippen molar-refractivity contribution in [2.75, 3.05) is 4.72 Å². The molecular formula is C22H16BrF2N3O2S. The Morgan fingerprint density at radius 2 is 1.84 bits per heavy atom. The van der Waals surface area contributed by atoms with Gasteiger partial charge in [0.2, 0.25) is 10.0 Å². The van der Waals surface area contributed by atoms with Gasteiger partial charge in [-0.3, -0.25) is 9.29 Å². The van der Waals surface area contributed by atoms with Crippen molar-refractivity contribution in [3.8, 4) is 16.8 Å². The van der Waals surface area contributed by atoms with Gasteiger partial charge >= 0.3 is 0 Å². The van der Waals surface area contributed by atoms with Gasteiger partial charge in [0, 0.05) is 21.8 Å². The molecular weight excluding hydrogens is 488 g/mol. The molecule has 4 aromatic rings. The van der Waals surface area contributed by atoms with E-state index in [4.69, 9.17) is 0 Å². The van der Waals surface area contributed by atoms with E-state index in [0.717, 1.165) is 21.6 Å². The minimum atomic E-state index is -3.52. The van der Waals surface area contributed by atoms with Crippen molar-refractivity contribution < 1.29 is 17.2 Å². The van der Waals surface area contributed by atoms with Crippen molar-refractivity contribution in [2.24, 2.45) is 0 Å². The molecule has 0 aliphatic heterocycles. The fraction of sp³-hybridized carbons (Fsp3) is 0.136. The van der Waals surface area contributed by atoms with E-state index in [9.17, 15) is 17.2 Å². The van der Waals surface area contributed by atoms with Crippen LogP contribution < -0.4 is 4.72 Å². The van der Waals surface area contributed by atoms with Gasteiger partial charge in [-0.05, 0) is 66.9 Å². The van der Waals surface area contributed by atoms with Crippen LogP contribution in [0.15, 0.2) is 65.4 Å². The molecule has 9 heteroatoms. The summed E-state index contributed by atoms with van der Waals surface area (Å²) in [6.07, 6.45) is 2.86. The zero-order valence-electron chi connectivity index (χ0n) is 16.0. The number of aromatic nitrogens is 2. The van der Waals surface area contributed by atoms with Gasteiger partial charge < -0.3 is 0 Å². The van der Waals surface area contributed by atoms with Crippen molar-refractivity contribution >= 4 is 42.7 Å². The Morgan fingerprint density at radius 3 is 2.58 bits per heavy atom. The highest BCUT2D eigenvalue weighted by atomic mass is 79.9. The second-order valence-corrected chi connectivity index (χ2v) is 10.4. The summed E-state index contributed by atoms with van der Waals surface area (Å²) in [5.74, 6) is -1.41. The molecule has 0 saturated heterocycles. The lowest BCUT2D eigenvalue weighted by atomic mass is 10.0. The predicted molar refractivity (Wildman–Crippen MR) is 120 cm³/mol. The molecule has 3 aromatic carbocycles. The first-order valence-electron chi connectivity index (χ1n) is 9.55. The van der Waals surface area contributed by atoms with Crippen molar-refractivity contribution in [3.05, 3.63) is 77.0 Å². The average molecular weight is 504 g/mol. The van der Waals surface area contributed by atoms with Crippen LogP contribution in [-0.4, -0.2) is 23.2 Å². The summed E-state index contributed by atoms with van der Waals surface area (Å²) in [6, 6.07) is 13.9. The Balaban J connectivity index is 1.68. The van der Waals surface area contributed by atoms with Crippen LogP contribution in [0.1, 0.15) is 12.8 Å². The minimum absolute atomic E-state index is 0.169. The van der Waals surface area contributed by atoms with E-state index in [2.05, 4.69) is 25.6 Å². The maximum atomic E-state index is 14.5. The molecule has 1 N–H and O–H groups in total. The molecule has 1 saturated carbocycles. The molecule has 0 spiro atoms. The average Bonchev–Trinajstić information content (AvgIpc) is 3.49. The van der Waals surface area contributed by atoms with E-state index in [1.165, 1.54) is 12.1 Å². The number of rotatable bonds is 5. The first-order valence-corrected chi connectivity index (χ1v) is 11.9. The number of anilines is 1. The summed E-state index contributed by atoms with van der Waals surface area (Å²) >= 11 is 3.42. The van der Waals surface area contributed by atoms with Gasteiger partial charge in [-0.25, -0.2) is 22.2 Å². The van der Waals surface area contributed by atoms with Gasteiger partial charge in [-0.15, -0.1) is 0 Å². The highest BCUT2D eigenvalue weighted by molar-refractivity contribution is 9.10. The van der Waals surface area contributed by atoms with E-state index in [-0.39, 0.29) is 5.56 Å². The molecule has 1 fully saturated rings. The van der Waals surface area contributed by atoms with Crippen molar-refractivity contribution in [2.45, 2.75) is 18.1 Å². The lowest BCUT2D eigenvalue weighted by molar-refractivity contribution is 0.585. The van der Waals surface area contributed by atoms with Gasteiger partial charge in [-0.1, -0.05) is 15.9 Å². The van der Waals surface area contributed by atoms with Crippen LogP contribution in [0.5, 0.6) is 0 Å². The topological polar surface area (TPSA) is 64.0 Å². The normalized spacial score (nSPS) is 14.2. The van der Waals surface area contributed by atoms with E-state index >= 15 is 0 Å². The number of hydrogen-bond donors (Lipinski definition) is 1. The molecule has 158 valence electrons. The maximum absolute atomic E-state index is 14.5. The first-order chi connectivity index (χ1) is 14.8. The maximum Gasteiger partial charge on any atom is 0.235 e. The van der Waals surface area contributed by atoms with Crippen LogP contribution in [0.4, 0.5) is 14.5 Å². The third kappa shape index (κ3) is 3.95. The number of hydrogen-bond acceptors (Lipinski definition) is 3. The van der Waals surface area contributed by atoms with Crippen LogP contribution in [0.3, 0.4) is 0 Å². The number of nitrogens with zero attached hydrogens (tertiary/aromatic N) is 2. The first kappa shape index (κ1) is 20.1. The zero-order chi connectivity index (χ0) is 21.8. The third-order valence-corrected chi connectivity index (χ3v) is 7.53. The van der Waals surface area contributed by atoms with Crippen molar-refractivity contribution in [3.63, 3.8) is 0 Å². The molecule has 5 nitrogen and oxygen atoms in total. The molecule has 0 atom stereocenters. The second kappa shape index (κ2) is 7.42. The SMILES string of the molecule is O=S(=O)(Nc1cc(-c2ccc(F)cc2F)cc(-n2cnc3cc(Br)ccc32)c1)C1CC1. The van der Waals surface area contributed by atoms with Crippen molar-refractivity contribution in [1.29, 1.82) is 0 Å². The molecule has 5 rings (SSSR count). The molecule has 0 unspecified atom stereocenters. The summed E-state index contributed by atoms with van der Waals surface area (Å²) in [4.78, 5) is 4.40. The van der Waals surface area contributed by atoms with Gasteiger partial charge in [0.15, 0.2) is 0 Å². The number of halogens is 3. The van der Waals surface area contributed by atoms with Gasteiger partial charge in [0.1, 0.15) is 18.0 Å². The molecule has 0 amide bonds. The molecule has 1 heterocycles. The molecule has 31 heavy (non-hydrogen) atoms. The molecule has 1 aliphatic carbocycles. The summed E-state index contributed by atoms with van der Waals surface area (Å²) < 4.78 is 58.2. The Bertz CT molecular complexity index is 1430. The van der Waals surface area contributed by atoms with Crippen LogP contribution in [-0.2, 0) is 10.0 Å². The van der Waals surface area contributed by atoms with Crippen molar-refractivity contribution in [1.82, 2.24) is 9.55 Å². The highest BCUT2D eigenvalue weighted by Gasteiger charge is 2.35.